The predicted molar refractivity (Wildman–Crippen MR) is 108 cm³/mol. The van der Waals surface area contributed by atoms with Gasteiger partial charge >= 0.3 is 0 Å². The highest BCUT2D eigenvalue weighted by atomic mass is 32.1. The largest absolute Gasteiger partial charge is 0.354 e. The maximum atomic E-state index is 13.6. The van der Waals surface area contributed by atoms with E-state index < -0.39 is 17.5 Å². The Labute approximate surface area is 166 Å². The number of hydrogen-bond acceptors (Lipinski definition) is 5. The van der Waals surface area contributed by atoms with Crippen LogP contribution in [0.25, 0.3) is 0 Å². The van der Waals surface area contributed by atoms with Crippen LogP contribution in [0.4, 0.5) is 0 Å². The molecule has 1 saturated heterocycles. The van der Waals surface area contributed by atoms with Gasteiger partial charge in [-0.3, -0.25) is 9.59 Å². The highest BCUT2D eigenvalue weighted by Gasteiger charge is 2.63. The van der Waals surface area contributed by atoms with Crippen molar-refractivity contribution in [2.75, 3.05) is 0 Å². The third-order valence-corrected chi connectivity index (χ3v) is 7.43. The van der Waals surface area contributed by atoms with Gasteiger partial charge in [0.05, 0.1) is 12.1 Å². The van der Waals surface area contributed by atoms with Gasteiger partial charge in [0.15, 0.2) is 16.7 Å². The number of Topliss-reactive ketones (excluding diaryl/α,β-unsaturated/α-hetero) is 2. The summed E-state index contributed by atoms with van der Waals surface area (Å²) < 4.78 is 0. The Morgan fingerprint density at radius 3 is 1.81 bits per heavy atom. The van der Waals surface area contributed by atoms with Gasteiger partial charge in [-0.15, -0.1) is 22.7 Å². The smallest absolute Gasteiger partial charge is 0.167 e. The van der Waals surface area contributed by atoms with Crippen molar-refractivity contribution < 1.29 is 9.59 Å². The summed E-state index contributed by atoms with van der Waals surface area (Å²) >= 11 is 8.55. The fraction of sp³-hybridized carbons (Fsp3) is 0.421. The second-order valence-corrected chi connectivity index (χ2v) is 10.1. The molecular weight excluding hydrogens is 384 g/mol. The van der Waals surface area contributed by atoms with Crippen molar-refractivity contribution in [3.63, 3.8) is 0 Å². The third-order valence-electron chi connectivity index (χ3n) is 5.32. The van der Waals surface area contributed by atoms with Gasteiger partial charge in [-0.05, 0) is 40.5 Å². The second kappa shape index (κ2) is 6.25. The average molecular weight is 405 g/mol. The van der Waals surface area contributed by atoms with Crippen LogP contribution in [0.15, 0.2) is 35.0 Å². The lowest BCUT2D eigenvalue weighted by atomic mass is 9.56. The van der Waals surface area contributed by atoms with Gasteiger partial charge in [-0.1, -0.05) is 26.0 Å². The van der Waals surface area contributed by atoms with E-state index in [1.54, 1.807) is 22.7 Å². The van der Waals surface area contributed by atoms with Crippen LogP contribution in [-0.2, 0) is 9.59 Å². The minimum atomic E-state index is -1.17. The Morgan fingerprint density at radius 2 is 1.42 bits per heavy atom. The predicted octanol–water partition coefficient (Wildman–Crippen LogP) is 4.01. The molecule has 2 aromatic heterocycles. The van der Waals surface area contributed by atoms with Crippen molar-refractivity contribution >= 4 is 51.6 Å². The Balaban J connectivity index is 1.93. The highest BCUT2D eigenvalue weighted by Crippen LogP contribution is 2.55. The molecule has 4 nitrogen and oxygen atoms in total. The number of carbonyl (C=O) groups is 2. The molecule has 2 unspecified atom stereocenters. The molecule has 136 valence electrons. The molecular formula is C19H20N2O2S3. The molecule has 1 aliphatic carbocycles. The maximum Gasteiger partial charge on any atom is 0.167 e. The van der Waals surface area contributed by atoms with E-state index >= 15 is 0 Å². The quantitative estimate of drug-likeness (QED) is 0.585. The molecule has 4 rings (SSSR count). The van der Waals surface area contributed by atoms with Gasteiger partial charge in [0.25, 0.3) is 0 Å². The zero-order chi connectivity index (χ0) is 18.5. The third kappa shape index (κ3) is 2.64. The molecule has 0 radical (unpaired) electrons. The summed E-state index contributed by atoms with van der Waals surface area (Å²) in [6.45, 7) is 3.98. The number of hydrogen-bond donors (Lipinski definition) is 2. The van der Waals surface area contributed by atoms with E-state index in [0.29, 0.717) is 18.0 Å². The first-order valence-corrected chi connectivity index (χ1v) is 10.7. The lowest BCUT2D eigenvalue weighted by Crippen LogP contribution is -2.66. The molecule has 2 fully saturated rings. The molecule has 3 heterocycles. The molecule has 0 bridgehead atoms. The maximum absolute atomic E-state index is 13.6. The van der Waals surface area contributed by atoms with Crippen molar-refractivity contribution in [3.05, 3.63) is 44.8 Å². The SMILES string of the molecule is CC1(C)CC(=O)C2(C(=O)C1)C(c1cccs1)NC(=S)NC2c1cccs1. The first kappa shape index (κ1) is 17.8. The Morgan fingerprint density at radius 1 is 0.962 bits per heavy atom. The molecule has 2 aliphatic rings. The van der Waals surface area contributed by atoms with Crippen molar-refractivity contribution in [1.82, 2.24) is 10.6 Å². The fourth-order valence-electron chi connectivity index (χ4n) is 4.22. The van der Waals surface area contributed by atoms with Gasteiger partial charge in [-0.25, -0.2) is 0 Å². The summed E-state index contributed by atoms with van der Waals surface area (Å²) in [6.07, 6.45) is 0.775. The molecule has 2 N–H and O–H groups in total. The number of nitrogens with one attached hydrogen (secondary N) is 2. The first-order valence-electron chi connectivity index (χ1n) is 8.55. The van der Waals surface area contributed by atoms with E-state index in [-0.39, 0.29) is 17.0 Å². The molecule has 26 heavy (non-hydrogen) atoms. The van der Waals surface area contributed by atoms with E-state index in [2.05, 4.69) is 10.6 Å². The summed E-state index contributed by atoms with van der Waals surface area (Å²) in [5, 5.41) is 10.9. The summed E-state index contributed by atoms with van der Waals surface area (Å²) in [7, 11) is 0. The zero-order valence-electron chi connectivity index (χ0n) is 14.6. The molecule has 0 amide bonds. The van der Waals surface area contributed by atoms with E-state index in [0.717, 1.165) is 9.75 Å². The molecule has 1 spiro atoms. The lowest BCUT2D eigenvalue weighted by molar-refractivity contribution is -0.153. The van der Waals surface area contributed by atoms with Gasteiger partial charge in [-0.2, -0.15) is 0 Å². The molecule has 7 heteroatoms. The van der Waals surface area contributed by atoms with Gasteiger partial charge < -0.3 is 10.6 Å². The minimum absolute atomic E-state index is 0.00181. The Bertz CT molecular complexity index is 787. The summed E-state index contributed by atoms with van der Waals surface area (Å²) in [6, 6.07) is 6.98. The zero-order valence-corrected chi connectivity index (χ0v) is 17.0. The van der Waals surface area contributed by atoms with Crippen LogP contribution in [0.5, 0.6) is 0 Å². The lowest BCUT2D eigenvalue weighted by Gasteiger charge is -2.52. The number of ketones is 2. The van der Waals surface area contributed by atoms with Crippen molar-refractivity contribution in [3.8, 4) is 0 Å². The van der Waals surface area contributed by atoms with Crippen LogP contribution in [0, 0.1) is 10.8 Å². The fourth-order valence-corrected chi connectivity index (χ4v) is 6.16. The van der Waals surface area contributed by atoms with Gasteiger partial charge in [0.2, 0.25) is 0 Å². The summed E-state index contributed by atoms with van der Waals surface area (Å²) in [5.74, 6) is -0.00361. The number of carbonyl (C=O) groups excluding carboxylic acids is 2. The van der Waals surface area contributed by atoms with E-state index in [1.807, 2.05) is 48.9 Å². The van der Waals surface area contributed by atoms with E-state index in [9.17, 15) is 9.59 Å². The van der Waals surface area contributed by atoms with Crippen LogP contribution < -0.4 is 10.6 Å². The van der Waals surface area contributed by atoms with Crippen molar-refractivity contribution in [2.45, 2.75) is 38.8 Å². The molecule has 2 atom stereocenters. The topological polar surface area (TPSA) is 58.2 Å². The molecule has 1 aliphatic heterocycles. The minimum Gasteiger partial charge on any atom is -0.354 e. The van der Waals surface area contributed by atoms with Gasteiger partial charge in [0.1, 0.15) is 5.41 Å². The highest BCUT2D eigenvalue weighted by molar-refractivity contribution is 7.80. The second-order valence-electron chi connectivity index (χ2n) is 7.75. The Hall–Kier alpha value is -1.57. The normalized spacial score (nSPS) is 27.2. The Kier molecular flexibility index (Phi) is 4.28. The number of thiophene rings is 2. The summed E-state index contributed by atoms with van der Waals surface area (Å²) in [4.78, 5) is 29.1. The standard InChI is InChI=1S/C19H20N2O2S3/c1-18(2)9-13(22)19(14(23)10-18)15(11-5-3-7-25-11)20-17(24)21-16(19)12-6-4-8-26-12/h3-8,15-16H,9-10H2,1-2H3,(H2,20,21,24). The van der Waals surface area contributed by atoms with Crippen molar-refractivity contribution in [1.29, 1.82) is 0 Å². The van der Waals surface area contributed by atoms with Crippen LogP contribution in [0.1, 0.15) is 48.5 Å². The average Bonchev–Trinajstić information content (AvgIpc) is 3.25. The van der Waals surface area contributed by atoms with E-state index in [1.165, 1.54) is 0 Å². The molecule has 0 aromatic carbocycles. The van der Waals surface area contributed by atoms with E-state index in [4.69, 9.17) is 12.2 Å². The first-order chi connectivity index (χ1) is 12.3. The monoisotopic (exact) mass is 404 g/mol. The summed E-state index contributed by atoms with van der Waals surface area (Å²) in [5.41, 5.74) is -1.48. The number of rotatable bonds is 2. The number of thiocarbonyl (C=S) groups is 1. The molecule has 2 aromatic rings. The van der Waals surface area contributed by atoms with Crippen LogP contribution in [-0.4, -0.2) is 16.7 Å². The van der Waals surface area contributed by atoms with Crippen LogP contribution >= 0.6 is 34.9 Å². The van der Waals surface area contributed by atoms with Crippen molar-refractivity contribution in [2.24, 2.45) is 10.8 Å². The van der Waals surface area contributed by atoms with Gasteiger partial charge in [0, 0.05) is 22.6 Å². The van der Waals surface area contributed by atoms with Crippen LogP contribution in [0.3, 0.4) is 0 Å². The molecule has 1 saturated carbocycles. The van der Waals surface area contributed by atoms with Crippen LogP contribution in [0.2, 0.25) is 0 Å².